The van der Waals surface area contributed by atoms with Crippen LogP contribution in [0.4, 0.5) is 0 Å². The third-order valence-corrected chi connectivity index (χ3v) is 1.50. The number of aldehydes is 1. The van der Waals surface area contributed by atoms with Crippen molar-refractivity contribution in [2.75, 3.05) is 6.54 Å². The van der Waals surface area contributed by atoms with Gasteiger partial charge in [-0.1, -0.05) is 0 Å². The lowest BCUT2D eigenvalue weighted by Crippen LogP contribution is -2.26. The number of carbonyl (C=O) groups excluding carboxylic acids is 2. The molecule has 1 amide bonds. The summed E-state index contributed by atoms with van der Waals surface area (Å²) in [5, 5.41) is 2.45. The molecule has 4 nitrogen and oxygen atoms in total. The molecule has 0 aliphatic rings. The largest absolute Gasteiger partial charge is 0.349 e. The van der Waals surface area contributed by atoms with Crippen molar-refractivity contribution in [1.82, 2.24) is 10.3 Å². The van der Waals surface area contributed by atoms with E-state index in [1.807, 2.05) is 0 Å². The SMILES string of the molecule is O=CCNC(=O)Cc1ccncc1. The number of pyridine rings is 1. The first-order chi connectivity index (χ1) is 6.33. The maximum absolute atomic E-state index is 11.1. The summed E-state index contributed by atoms with van der Waals surface area (Å²) in [5.74, 6) is -0.154. The fraction of sp³-hybridized carbons (Fsp3) is 0.222. The zero-order valence-corrected chi connectivity index (χ0v) is 7.06. The van der Waals surface area contributed by atoms with Crippen LogP contribution in [0.2, 0.25) is 0 Å². The average molecular weight is 178 g/mol. The minimum Gasteiger partial charge on any atom is -0.349 e. The lowest BCUT2D eigenvalue weighted by atomic mass is 10.2. The smallest absolute Gasteiger partial charge is 0.224 e. The molecule has 1 aromatic rings. The molecule has 0 aromatic carbocycles. The third kappa shape index (κ3) is 3.46. The van der Waals surface area contributed by atoms with Crippen LogP contribution >= 0.6 is 0 Å². The molecule has 0 radical (unpaired) electrons. The molecular weight excluding hydrogens is 168 g/mol. The van der Waals surface area contributed by atoms with Gasteiger partial charge < -0.3 is 10.1 Å². The summed E-state index contributed by atoms with van der Waals surface area (Å²) in [7, 11) is 0. The minimum absolute atomic E-state index is 0.0733. The van der Waals surface area contributed by atoms with Crippen LogP contribution in [0.3, 0.4) is 0 Å². The van der Waals surface area contributed by atoms with Gasteiger partial charge in [0.1, 0.15) is 6.29 Å². The third-order valence-electron chi connectivity index (χ3n) is 1.50. The Bertz CT molecular complexity index is 285. The van der Waals surface area contributed by atoms with E-state index in [0.717, 1.165) is 5.56 Å². The molecule has 1 aromatic heterocycles. The number of hydrogen-bond acceptors (Lipinski definition) is 3. The van der Waals surface area contributed by atoms with E-state index in [4.69, 9.17) is 0 Å². The number of rotatable bonds is 4. The highest BCUT2D eigenvalue weighted by Crippen LogP contribution is 1.96. The first-order valence-electron chi connectivity index (χ1n) is 3.92. The van der Waals surface area contributed by atoms with Crippen LogP contribution in [0.15, 0.2) is 24.5 Å². The van der Waals surface area contributed by atoms with Crippen LogP contribution in [0.1, 0.15) is 5.56 Å². The highest BCUT2D eigenvalue weighted by Gasteiger charge is 2.00. The van der Waals surface area contributed by atoms with E-state index in [0.29, 0.717) is 6.29 Å². The van der Waals surface area contributed by atoms with E-state index in [1.165, 1.54) is 0 Å². The van der Waals surface area contributed by atoms with Gasteiger partial charge in [0.05, 0.1) is 13.0 Å². The van der Waals surface area contributed by atoms with E-state index in [1.54, 1.807) is 24.5 Å². The van der Waals surface area contributed by atoms with Crippen LogP contribution in [-0.2, 0) is 16.0 Å². The van der Waals surface area contributed by atoms with E-state index in [9.17, 15) is 9.59 Å². The van der Waals surface area contributed by atoms with E-state index < -0.39 is 0 Å². The van der Waals surface area contributed by atoms with Gasteiger partial charge in [0.25, 0.3) is 0 Å². The summed E-state index contributed by atoms with van der Waals surface area (Å²) >= 11 is 0. The molecule has 68 valence electrons. The van der Waals surface area contributed by atoms with Crippen molar-refractivity contribution < 1.29 is 9.59 Å². The van der Waals surface area contributed by atoms with Gasteiger partial charge in [0.2, 0.25) is 5.91 Å². The zero-order chi connectivity index (χ0) is 9.52. The standard InChI is InChI=1S/C9H10N2O2/c12-6-5-11-9(13)7-8-1-3-10-4-2-8/h1-4,6H,5,7H2,(H,11,13). The molecule has 0 saturated carbocycles. The molecule has 1 N–H and O–H groups in total. The number of carbonyl (C=O) groups is 2. The number of hydrogen-bond donors (Lipinski definition) is 1. The predicted octanol–water partition coefficient (Wildman–Crippen LogP) is -0.0608. The van der Waals surface area contributed by atoms with Crippen molar-refractivity contribution >= 4 is 12.2 Å². The molecule has 0 atom stereocenters. The lowest BCUT2D eigenvalue weighted by Gasteiger charge is -2.00. The van der Waals surface area contributed by atoms with Gasteiger partial charge in [-0.25, -0.2) is 0 Å². The maximum Gasteiger partial charge on any atom is 0.224 e. The van der Waals surface area contributed by atoms with Gasteiger partial charge in [-0.05, 0) is 17.7 Å². The second-order valence-corrected chi connectivity index (χ2v) is 2.50. The second-order valence-electron chi connectivity index (χ2n) is 2.50. The maximum atomic E-state index is 11.1. The van der Waals surface area contributed by atoms with Crippen molar-refractivity contribution in [1.29, 1.82) is 0 Å². The summed E-state index contributed by atoms with van der Waals surface area (Å²) in [6.45, 7) is 0.0733. The van der Waals surface area contributed by atoms with Gasteiger partial charge in [0, 0.05) is 12.4 Å². The van der Waals surface area contributed by atoms with Gasteiger partial charge >= 0.3 is 0 Å². The molecule has 13 heavy (non-hydrogen) atoms. The average Bonchev–Trinajstić information content (AvgIpc) is 2.16. The van der Waals surface area contributed by atoms with Crippen molar-refractivity contribution in [3.8, 4) is 0 Å². The summed E-state index contributed by atoms with van der Waals surface area (Å²) in [6, 6.07) is 3.53. The van der Waals surface area contributed by atoms with Gasteiger partial charge in [-0.15, -0.1) is 0 Å². The molecule has 0 saturated heterocycles. The Hall–Kier alpha value is -1.71. The molecule has 0 fully saturated rings. The Balaban J connectivity index is 2.41. The molecule has 4 heteroatoms. The Morgan fingerprint density at radius 2 is 2.15 bits per heavy atom. The van der Waals surface area contributed by atoms with Gasteiger partial charge in [0.15, 0.2) is 0 Å². The Labute approximate surface area is 76.0 Å². The molecule has 0 bridgehead atoms. The summed E-state index contributed by atoms with van der Waals surface area (Å²) in [4.78, 5) is 24.8. The monoisotopic (exact) mass is 178 g/mol. The predicted molar refractivity (Wildman–Crippen MR) is 47.0 cm³/mol. The van der Waals surface area contributed by atoms with Gasteiger partial charge in [-0.2, -0.15) is 0 Å². The first-order valence-corrected chi connectivity index (χ1v) is 3.92. The Kier molecular flexibility index (Phi) is 3.63. The lowest BCUT2D eigenvalue weighted by molar-refractivity contribution is -0.121. The molecule has 0 aliphatic heterocycles. The second kappa shape index (κ2) is 5.03. The number of nitrogens with one attached hydrogen (secondary N) is 1. The molecule has 1 rings (SSSR count). The van der Waals surface area contributed by atoms with E-state index >= 15 is 0 Å². The van der Waals surface area contributed by atoms with E-state index in [2.05, 4.69) is 10.3 Å². The van der Waals surface area contributed by atoms with Crippen LogP contribution in [-0.4, -0.2) is 23.7 Å². The quantitative estimate of drug-likeness (QED) is 0.657. The molecular formula is C9H10N2O2. The summed E-state index contributed by atoms with van der Waals surface area (Å²) in [6.07, 6.45) is 4.20. The normalized spacial score (nSPS) is 9.23. The highest BCUT2D eigenvalue weighted by molar-refractivity contribution is 5.80. The number of nitrogens with zero attached hydrogens (tertiary/aromatic N) is 1. The molecule has 0 spiro atoms. The zero-order valence-electron chi connectivity index (χ0n) is 7.06. The first kappa shape index (κ1) is 9.38. The fourth-order valence-corrected chi connectivity index (χ4v) is 0.904. The molecule has 0 aliphatic carbocycles. The van der Waals surface area contributed by atoms with Crippen molar-refractivity contribution in [2.24, 2.45) is 0 Å². The topological polar surface area (TPSA) is 59.1 Å². The van der Waals surface area contributed by atoms with Crippen LogP contribution in [0.5, 0.6) is 0 Å². The molecule has 1 heterocycles. The Morgan fingerprint density at radius 1 is 1.46 bits per heavy atom. The van der Waals surface area contributed by atoms with Crippen LogP contribution < -0.4 is 5.32 Å². The highest BCUT2D eigenvalue weighted by atomic mass is 16.2. The van der Waals surface area contributed by atoms with Crippen molar-refractivity contribution in [3.63, 3.8) is 0 Å². The number of aromatic nitrogens is 1. The van der Waals surface area contributed by atoms with Crippen molar-refractivity contribution in [2.45, 2.75) is 6.42 Å². The fourth-order valence-electron chi connectivity index (χ4n) is 0.904. The van der Waals surface area contributed by atoms with Gasteiger partial charge in [-0.3, -0.25) is 9.78 Å². The summed E-state index contributed by atoms with van der Waals surface area (Å²) < 4.78 is 0. The molecule has 0 unspecified atom stereocenters. The van der Waals surface area contributed by atoms with E-state index in [-0.39, 0.29) is 18.9 Å². The van der Waals surface area contributed by atoms with Crippen molar-refractivity contribution in [3.05, 3.63) is 30.1 Å². The Morgan fingerprint density at radius 3 is 2.77 bits per heavy atom. The minimum atomic E-state index is -0.154. The van der Waals surface area contributed by atoms with Crippen LogP contribution in [0, 0.1) is 0 Å². The summed E-state index contributed by atoms with van der Waals surface area (Å²) in [5.41, 5.74) is 0.887. The van der Waals surface area contributed by atoms with Crippen LogP contribution in [0.25, 0.3) is 0 Å². The number of amides is 1.